The highest BCUT2D eigenvalue weighted by Gasteiger charge is 2.28. The number of halogens is 2. The Labute approximate surface area is 135 Å². The van der Waals surface area contributed by atoms with Gasteiger partial charge >= 0.3 is 0 Å². The van der Waals surface area contributed by atoms with Gasteiger partial charge in [0.05, 0.1) is 11.6 Å². The molecule has 0 aromatic heterocycles. The lowest BCUT2D eigenvalue weighted by Gasteiger charge is -2.12. The van der Waals surface area contributed by atoms with E-state index in [0.29, 0.717) is 13.1 Å². The second-order valence-electron chi connectivity index (χ2n) is 4.82. The Bertz CT molecular complexity index is 490. The smallest absolute Gasteiger partial charge is 0.223 e. The Morgan fingerprint density at radius 1 is 1.35 bits per heavy atom. The van der Waals surface area contributed by atoms with Gasteiger partial charge in [-0.2, -0.15) is 0 Å². The Kier molecular flexibility index (Phi) is 5.86. The molecule has 0 unspecified atom stereocenters. The minimum atomic E-state index is 0.189. The molecular weight excluding hydrogens is 388 g/mol. The van der Waals surface area contributed by atoms with E-state index in [1.165, 1.54) is 0 Å². The van der Waals surface area contributed by atoms with Gasteiger partial charge in [-0.3, -0.25) is 4.79 Å². The summed E-state index contributed by atoms with van der Waals surface area (Å²) < 4.78 is 7.32. The van der Waals surface area contributed by atoms with E-state index < -0.39 is 0 Å². The van der Waals surface area contributed by atoms with Gasteiger partial charge < -0.3 is 15.4 Å². The molecule has 0 aliphatic heterocycles. The summed E-state index contributed by atoms with van der Waals surface area (Å²) >= 11 is 6.95. The van der Waals surface area contributed by atoms with Crippen LogP contribution in [0, 0.1) is 5.92 Å². The van der Waals surface area contributed by atoms with E-state index in [4.69, 9.17) is 4.74 Å². The molecule has 0 radical (unpaired) electrons. The molecule has 1 aromatic carbocycles. The van der Waals surface area contributed by atoms with Crippen LogP contribution in [-0.2, 0) is 11.3 Å². The van der Waals surface area contributed by atoms with Crippen molar-refractivity contribution in [1.82, 2.24) is 10.6 Å². The molecule has 20 heavy (non-hydrogen) atoms. The third-order valence-corrected chi connectivity index (χ3v) is 4.20. The average molecular weight is 406 g/mol. The van der Waals surface area contributed by atoms with Gasteiger partial charge in [0.1, 0.15) is 5.75 Å². The van der Waals surface area contributed by atoms with E-state index in [0.717, 1.165) is 39.6 Å². The molecule has 2 N–H and O–H groups in total. The molecule has 1 aliphatic carbocycles. The normalized spacial score (nSPS) is 14.2. The van der Waals surface area contributed by atoms with E-state index >= 15 is 0 Å². The molecule has 0 heterocycles. The van der Waals surface area contributed by atoms with Crippen molar-refractivity contribution in [3.63, 3.8) is 0 Å². The second kappa shape index (κ2) is 7.43. The highest BCUT2D eigenvalue weighted by molar-refractivity contribution is 9.11. The Hall–Kier alpha value is -0.590. The van der Waals surface area contributed by atoms with Crippen LogP contribution in [0.5, 0.6) is 5.75 Å². The van der Waals surface area contributed by atoms with Gasteiger partial charge in [0, 0.05) is 35.6 Å². The quantitative estimate of drug-likeness (QED) is 0.685. The van der Waals surface area contributed by atoms with Crippen LogP contribution in [0.2, 0.25) is 0 Å². The number of carbonyl (C=O) groups excluding carboxylic acids is 1. The van der Waals surface area contributed by atoms with E-state index in [9.17, 15) is 4.79 Å². The maximum absolute atomic E-state index is 11.5. The predicted octanol–water partition coefficient (Wildman–Crippen LogP) is 2.84. The maximum Gasteiger partial charge on any atom is 0.223 e. The number of rotatable bonds is 7. The minimum absolute atomic E-state index is 0.189. The predicted molar refractivity (Wildman–Crippen MR) is 85.8 cm³/mol. The van der Waals surface area contributed by atoms with Crippen LogP contribution in [0.1, 0.15) is 18.4 Å². The third kappa shape index (κ3) is 4.46. The van der Waals surface area contributed by atoms with Crippen LogP contribution in [0.15, 0.2) is 21.1 Å². The summed E-state index contributed by atoms with van der Waals surface area (Å²) in [6.07, 6.45) is 2.09. The number of hydrogen-bond donors (Lipinski definition) is 2. The fraction of sp³-hybridized carbons (Fsp3) is 0.500. The molecule has 110 valence electrons. The lowest BCUT2D eigenvalue weighted by atomic mass is 10.2. The summed E-state index contributed by atoms with van der Waals surface area (Å²) in [6.45, 7) is 2.10. The van der Waals surface area contributed by atoms with E-state index in [1.807, 2.05) is 12.1 Å². The van der Waals surface area contributed by atoms with Crippen LogP contribution in [0.3, 0.4) is 0 Å². The van der Waals surface area contributed by atoms with Crippen LogP contribution in [0.4, 0.5) is 0 Å². The van der Waals surface area contributed by atoms with Crippen LogP contribution in [-0.4, -0.2) is 26.1 Å². The lowest BCUT2D eigenvalue weighted by Crippen LogP contribution is -2.32. The Balaban J connectivity index is 1.77. The molecule has 0 spiro atoms. The van der Waals surface area contributed by atoms with Gasteiger partial charge in [-0.15, -0.1) is 0 Å². The highest BCUT2D eigenvalue weighted by atomic mass is 79.9. The summed E-state index contributed by atoms with van der Waals surface area (Å²) in [5, 5.41) is 6.24. The molecule has 2 rings (SSSR count). The molecule has 1 amide bonds. The molecule has 0 bridgehead atoms. The average Bonchev–Trinajstić information content (AvgIpc) is 3.22. The monoisotopic (exact) mass is 404 g/mol. The molecular formula is C14H18Br2N2O2. The maximum atomic E-state index is 11.5. The van der Waals surface area contributed by atoms with Crippen molar-refractivity contribution in [2.45, 2.75) is 19.4 Å². The highest BCUT2D eigenvalue weighted by Crippen LogP contribution is 2.32. The Morgan fingerprint density at radius 3 is 2.75 bits per heavy atom. The van der Waals surface area contributed by atoms with Crippen molar-refractivity contribution in [3.8, 4) is 5.75 Å². The molecule has 0 atom stereocenters. The van der Waals surface area contributed by atoms with Gasteiger partial charge in [0.15, 0.2) is 0 Å². The van der Waals surface area contributed by atoms with Gasteiger partial charge in [-0.05, 0) is 40.9 Å². The number of nitrogens with one attached hydrogen (secondary N) is 2. The molecule has 1 saturated carbocycles. The van der Waals surface area contributed by atoms with Crippen molar-refractivity contribution in [3.05, 3.63) is 26.6 Å². The van der Waals surface area contributed by atoms with Crippen molar-refractivity contribution >= 4 is 37.8 Å². The second-order valence-corrected chi connectivity index (χ2v) is 6.59. The van der Waals surface area contributed by atoms with Gasteiger partial charge in [0.2, 0.25) is 5.91 Å². The molecule has 4 nitrogen and oxygen atoms in total. The number of methoxy groups -OCH3 is 1. The van der Waals surface area contributed by atoms with Crippen LogP contribution in [0.25, 0.3) is 0 Å². The zero-order valence-corrected chi connectivity index (χ0v) is 14.5. The number of amides is 1. The lowest BCUT2D eigenvalue weighted by molar-refractivity contribution is -0.122. The minimum Gasteiger partial charge on any atom is -0.495 e. The summed E-state index contributed by atoms with van der Waals surface area (Å²) in [5.74, 6) is 1.30. The topological polar surface area (TPSA) is 50.4 Å². The first-order valence-corrected chi connectivity index (χ1v) is 8.20. The number of carbonyl (C=O) groups is 1. The largest absolute Gasteiger partial charge is 0.495 e. The molecule has 6 heteroatoms. The zero-order chi connectivity index (χ0) is 14.5. The zero-order valence-electron chi connectivity index (χ0n) is 11.3. The van der Waals surface area contributed by atoms with Gasteiger partial charge in [0.25, 0.3) is 0 Å². The molecule has 0 saturated heterocycles. The van der Waals surface area contributed by atoms with Crippen LogP contribution >= 0.6 is 31.9 Å². The van der Waals surface area contributed by atoms with Crippen molar-refractivity contribution in [1.29, 1.82) is 0 Å². The molecule has 1 aliphatic rings. The first kappa shape index (κ1) is 15.8. The van der Waals surface area contributed by atoms with Crippen molar-refractivity contribution in [2.75, 3.05) is 20.2 Å². The SMILES string of the molecule is COc1c(Br)cc(Br)cc1CNCCNC(=O)C1CC1. The summed E-state index contributed by atoms with van der Waals surface area (Å²) in [4.78, 5) is 11.5. The fourth-order valence-corrected chi connectivity index (χ4v) is 3.44. The van der Waals surface area contributed by atoms with Gasteiger partial charge in [-0.1, -0.05) is 15.9 Å². The fourth-order valence-electron chi connectivity index (χ4n) is 1.96. The third-order valence-electron chi connectivity index (χ3n) is 3.15. The number of hydrogen-bond acceptors (Lipinski definition) is 3. The van der Waals surface area contributed by atoms with E-state index in [-0.39, 0.29) is 11.8 Å². The van der Waals surface area contributed by atoms with Crippen molar-refractivity contribution < 1.29 is 9.53 Å². The van der Waals surface area contributed by atoms with E-state index in [2.05, 4.69) is 42.5 Å². The Morgan fingerprint density at radius 2 is 2.10 bits per heavy atom. The van der Waals surface area contributed by atoms with Gasteiger partial charge in [-0.25, -0.2) is 0 Å². The number of ether oxygens (including phenoxy) is 1. The first-order valence-electron chi connectivity index (χ1n) is 6.62. The molecule has 1 aromatic rings. The standard InChI is InChI=1S/C14H18Br2N2O2/c1-20-13-10(6-11(15)7-12(13)16)8-17-4-5-18-14(19)9-2-3-9/h6-7,9,17H,2-5,8H2,1H3,(H,18,19). The summed E-state index contributed by atoms with van der Waals surface area (Å²) in [5.41, 5.74) is 1.07. The van der Waals surface area contributed by atoms with Crippen molar-refractivity contribution in [2.24, 2.45) is 5.92 Å². The van der Waals surface area contributed by atoms with Crippen LogP contribution < -0.4 is 15.4 Å². The summed E-state index contributed by atoms with van der Waals surface area (Å²) in [6, 6.07) is 3.98. The summed E-state index contributed by atoms with van der Waals surface area (Å²) in [7, 11) is 1.66. The number of benzene rings is 1. The first-order chi connectivity index (χ1) is 9.61. The van der Waals surface area contributed by atoms with E-state index in [1.54, 1.807) is 7.11 Å². The molecule has 1 fully saturated rings.